The minimum atomic E-state index is -0.522. The molecule has 1 amide bonds. The molecule has 0 N–H and O–H groups in total. The van der Waals surface area contributed by atoms with Crippen molar-refractivity contribution in [3.05, 3.63) is 65.4 Å². The topological polar surface area (TPSA) is 85.4 Å². The number of esters is 2. The Morgan fingerprint density at radius 1 is 0.970 bits per heavy atom. The Hall–Kier alpha value is -3.72. The molecule has 8 nitrogen and oxygen atoms in total. The second-order valence-electron chi connectivity index (χ2n) is 7.07. The maximum absolute atomic E-state index is 13.3. The van der Waals surface area contributed by atoms with Crippen LogP contribution in [0, 0.1) is 0 Å². The summed E-state index contributed by atoms with van der Waals surface area (Å²) < 4.78 is 14.7. The molecule has 0 aromatic heterocycles. The fourth-order valence-electron chi connectivity index (χ4n) is 3.15. The van der Waals surface area contributed by atoms with Crippen molar-refractivity contribution in [3.63, 3.8) is 0 Å². The highest BCUT2D eigenvalue weighted by Crippen LogP contribution is 2.29. The fourth-order valence-corrected chi connectivity index (χ4v) is 3.51. The summed E-state index contributed by atoms with van der Waals surface area (Å²) in [6.45, 7) is 1.64. The molecule has 3 rings (SSSR count). The van der Waals surface area contributed by atoms with Crippen LogP contribution in [0.25, 0.3) is 6.08 Å². The lowest BCUT2D eigenvalue weighted by molar-refractivity contribution is -0.143. The second-order valence-corrected chi connectivity index (χ2v) is 7.43. The molecule has 1 saturated heterocycles. The van der Waals surface area contributed by atoms with Crippen molar-refractivity contribution in [1.29, 1.82) is 0 Å². The van der Waals surface area contributed by atoms with Crippen LogP contribution >= 0.6 is 12.2 Å². The summed E-state index contributed by atoms with van der Waals surface area (Å²) in [6, 6.07) is 14.3. The first-order valence-electron chi connectivity index (χ1n) is 10.2. The molecule has 2 aromatic carbocycles. The Kier molecular flexibility index (Phi) is 7.78. The number of benzene rings is 2. The molecule has 0 spiro atoms. The van der Waals surface area contributed by atoms with Crippen LogP contribution in [0.5, 0.6) is 5.75 Å². The number of methoxy groups -OCH3 is 2. The molecule has 2 aromatic rings. The highest BCUT2D eigenvalue weighted by atomic mass is 32.1. The van der Waals surface area contributed by atoms with Gasteiger partial charge in [-0.2, -0.15) is 0 Å². The van der Waals surface area contributed by atoms with E-state index < -0.39 is 11.9 Å². The standard InChI is InChI=1S/C24H24N2O6S/c1-4-16-5-9-18(10-6-16)26-23(29)20(25(24(26)33)14-21(27)30-2)13-17-7-11-19(12-8-17)32-15-22(28)31-3/h5-13H,4,14-15H2,1-3H3/b20-13-. The zero-order chi connectivity index (χ0) is 24.0. The van der Waals surface area contributed by atoms with E-state index in [2.05, 4.69) is 4.74 Å². The minimum Gasteiger partial charge on any atom is -0.482 e. The molecule has 0 saturated carbocycles. The summed E-state index contributed by atoms with van der Waals surface area (Å²) in [4.78, 5) is 39.4. The third kappa shape index (κ3) is 5.56. The van der Waals surface area contributed by atoms with Crippen molar-refractivity contribution in [2.45, 2.75) is 13.3 Å². The SMILES string of the molecule is CCc1ccc(N2C(=O)/C(=C/c3ccc(OCC(=O)OC)cc3)N(CC(=O)OC)C2=S)cc1. The van der Waals surface area contributed by atoms with E-state index in [1.54, 1.807) is 30.3 Å². The van der Waals surface area contributed by atoms with E-state index >= 15 is 0 Å². The number of thiocarbonyl (C=S) groups is 1. The van der Waals surface area contributed by atoms with Gasteiger partial charge in [-0.25, -0.2) is 4.79 Å². The zero-order valence-corrected chi connectivity index (χ0v) is 19.4. The number of nitrogens with zero attached hydrogens (tertiary/aromatic N) is 2. The summed E-state index contributed by atoms with van der Waals surface area (Å²) in [6.07, 6.45) is 2.51. The average molecular weight is 469 g/mol. The molecule has 0 unspecified atom stereocenters. The van der Waals surface area contributed by atoms with Crippen LogP contribution in [0.4, 0.5) is 5.69 Å². The number of amides is 1. The van der Waals surface area contributed by atoms with Gasteiger partial charge >= 0.3 is 11.9 Å². The molecule has 0 bridgehead atoms. The van der Waals surface area contributed by atoms with Crippen LogP contribution in [0.1, 0.15) is 18.1 Å². The smallest absolute Gasteiger partial charge is 0.343 e. The normalized spacial score (nSPS) is 14.6. The van der Waals surface area contributed by atoms with E-state index in [9.17, 15) is 14.4 Å². The Bertz CT molecular complexity index is 1080. The van der Waals surface area contributed by atoms with Gasteiger partial charge in [-0.05, 0) is 60.1 Å². The van der Waals surface area contributed by atoms with Gasteiger partial charge in [0.1, 0.15) is 18.0 Å². The predicted octanol–water partition coefficient (Wildman–Crippen LogP) is 2.95. The van der Waals surface area contributed by atoms with Crippen molar-refractivity contribution in [1.82, 2.24) is 4.90 Å². The number of carbonyl (C=O) groups excluding carboxylic acids is 3. The fraction of sp³-hybridized carbons (Fsp3) is 0.250. The third-order valence-electron chi connectivity index (χ3n) is 5.02. The number of anilines is 1. The highest BCUT2D eigenvalue weighted by Gasteiger charge is 2.40. The summed E-state index contributed by atoms with van der Waals surface area (Å²) in [7, 11) is 2.56. The van der Waals surface area contributed by atoms with Crippen LogP contribution in [-0.2, 0) is 30.3 Å². The van der Waals surface area contributed by atoms with Crippen molar-refractivity contribution in [3.8, 4) is 5.75 Å². The van der Waals surface area contributed by atoms with E-state index in [0.717, 1.165) is 12.0 Å². The summed E-state index contributed by atoms with van der Waals surface area (Å²) in [5.74, 6) is -0.887. The molecule has 0 atom stereocenters. The summed E-state index contributed by atoms with van der Waals surface area (Å²) in [5, 5.41) is 0.193. The van der Waals surface area contributed by atoms with Crippen LogP contribution in [-0.4, -0.2) is 55.2 Å². The quantitative estimate of drug-likeness (QED) is 0.332. The lowest BCUT2D eigenvalue weighted by Gasteiger charge is -2.19. The first kappa shape index (κ1) is 23.9. The maximum Gasteiger partial charge on any atom is 0.343 e. The molecule has 1 aliphatic heterocycles. The van der Waals surface area contributed by atoms with Gasteiger partial charge in [0.2, 0.25) is 0 Å². The van der Waals surface area contributed by atoms with E-state index in [4.69, 9.17) is 21.7 Å². The highest BCUT2D eigenvalue weighted by molar-refractivity contribution is 7.80. The molecule has 172 valence electrons. The van der Waals surface area contributed by atoms with Gasteiger partial charge in [-0.15, -0.1) is 0 Å². The summed E-state index contributed by atoms with van der Waals surface area (Å²) in [5.41, 5.74) is 2.68. The third-order valence-corrected chi connectivity index (χ3v) is 5.42. The lowest BCUT2D eigenvalue weighted by Crippen LogP contribution is -2.35. The average Bonchev–Trinajstić information content (AvgIpc) is 3.07. The monoisotopic (exact) mass is 468 g/mol. The number of hydrogen-bond acceptors (Lipinski definition) is 7. The molecular weight excluding hydrogens is 444 g/mol. The van der Waals surface area contributed by atoms with Gasteiger partial charge < -0.3 is 19.1 Å². The maximum atomic E-state index is 13.3. The molecule has 0 aliphatic carbocycles. The number of ether oxygens (including phenoxy) is 3. The van der Waals surface area contributed by atoms with Crippen LogP contribution in [0.3, 0.4) is 0 Å². The molecule has 1 aliphatic rings. The number of carbonyl (C=O) groups is 3. The van der Waals surface area contributed by atoms with Crippen LogP contribution in [0.2, 0.25) is 0 Å². The van der Waals surface area contributed by atoms with Gasteiger partial charge in [0.25, 0.3) is 5.91 Å². The van der Waals surface area contributed by atoms with Crippen LogP contribution < -0.4 is 9.64 Å². The van der Waals surface area contributed by atoms with Gasteiger partial charge in [0.05, 0.1) is 19.9 Å². The molecule has 1 heterocycles. The number of aryl methyl sites for hydroxylation is 1. The molecular formula is C24H24N2O6S. The Labute approximate surface area is 197 Å². The molecule has 1 fully saturated rings. The van der Waals surface area contributed by atoms with Gasteiger partial charge in [-0.3, -0.25) is 14.5 Å². The van der Waals surface area contributed by atoms with Crippen molar-refractivity contribution in [2.24, 2.45) is 0 Å². The Balaban J connectivity index is 1.90. The minimum absolute atomic E-state index is 0.193. The molecule has 9 heteroatoms. The Morgan fingerprint density at radius 3 is 2.18 bits per heavy atom. The predicted molar refractivity (Wildman–Crippen MR) is 127 cm³/mol. The molecule has 0 radical (unpaired) electrons. The summed E-state index contributed by atoms with van der Waals surface area (Å²) >= 11 is 5.55. The van der Waals surface area contributed by atoms with E-state index in [1.165, 1.54) is 24.0 Å². The largest absolute Gasteiger partial charge is 0.482 e. The first-order chi connectivity index (χ1) is 15.9. The molecule has 33 heavy (non-hydrogen) atoms. The van der Waals surface area contributed by atoms with Crippen LogP contribution in [0.15, 0.2) is 54.2 Å². The lowest BCUT2D eigenvalue weighted by atomic mass is 10.1. The number of hydrogen-bond donors (Lipinski definition) is 0. The van der Waals surface area contributed by atoms with E-state index in [1.807, 2.05) is 31.2 Å². The van der Waals surface area contributed by atoms with Crippen molar-refractivity contribution < 1.29 is 28.6 Å². The van der Waals surface area contributed by atoms with E-state index in [0.29, 0.717) is 17.0 Å². The Morgan fingerprint density at radius 2 is 1.61 bits per heavy atom. The van der Waals surface area contributed by atoms with Gasteiger partial charge in [0.15, 0.2) is 11.7 Å². The van der Waals surface area contributed by atoms with E-state index in [-0.39, 0.29) is 29.9 Å². The number of rotatable bonds is 8. The van der Waals surface area contributed by atoms with Gasteiger partial charge in [-0.1, -0.05) is 31.2 Å². The van der Waals surface area contributed by atoms with Crippen molar-refractivity contribution in [2.75, 3.05) is 32.3 Å². The second kappa shape index (κ2) is 10.7. The van der Waals surface area contributed by atoms with Gasteiger partial charge in [0, 0.05) is 0 Å². The zero-order valence-electron chi connectivity index (χ0n) is 18.6. The first-order valence-corrected chi connectivity index (χ1v) is 10.6. The van der Waals surface area contributed by atoms with Crippen molar-refractivity contribution >= 4 is 46.9 Å².